The minimum Gasteiger partial charge on any atom is -0.490 e. The molecule has 8 heteroatoms. The molecule has 33 heavy (non-hydrogen) atoms. The third kappa shape index (κ3) is 4.67. The second-order valence-electron chi connectivity index (χ2n) is 9.02. The first-order valence-electron chi connectivity index (χ1n) is 11.7. The lowest BCUT2D eigenvalue weighted by atomic mass is 10.1. The zero-order chi connectivity index (χ0) is 22.8. The number of piperazine rings is 1. The number of para-hydroxylation sites is 2. The molecule has 0 spiro atoms. The van der Waals surface area contributed by atoms with Gasteiger partial charge in [0, 0.05) is 44.8 Å². The van der Waals surface area contributed by atoms with Gasteiger partial charge in [0.1, 0.15) is 18.4 Å². The number of amides is 2. The van der Waals surface area contributed by atoms with Gasteiger partial charge in [0.25, 0.3) is 5.91 Å². The van der Waals surface area contributed by atoms with Gasteiger partial charge < -0.3 is 25.2 Å². The van der Waals surface area contributed by atoms with Gasteiger partial charge in [-0.15, -0.1) is 0 Å². The van der Waals surface area contributed by atoms with Crippen molar-refractivity contribution in [3.05, 3.63) is 48.0 Å². The Hall–Kier alpha value is -3.10. The number of carbonyl (C=O) groups excluding carboxylic acids is 2. The van der Waals surface area contributed by atoms with E-state index in [0.29, 0.717) is 29.3 Å². The van der Waals surface area contributed by atoms with Crippen molar-refractivity contribution in [1.82, 2.24) is 9.80 Å². The smallest absolute Gasteiger partial charge is 0.255 e. The molecule has 3 aliphatic rings. The predicted molar refractivity (Wildman–Crippen MR) is 129 cm³/mol. The highest BCUT2D eigenvalue weighted by Crippen LogP contribution is 2.37. The Kier molecular flexibility index (Phi) is 6.20. The molecular weight excluding hydrogens is 418 g/mol. The Morgan fingerprint density at radius 3 is 2.79 bits per heavy atom. The van der Waals surface area contributed by atoms with Gasteiger partial charge in [-0.25, -0.2) is 0 Å². The van der Waals surface area contributed by atoms with Gasteiger partial charge in [0.05, 0.1) is 17.1 Å². The third-order valence-corrected chi connectivity index (χ3v) is 6.78. The number of nitrogens with one attached hydrogen (secondary N) is 2. The van der Waals surface area contributed by atoms with Gasteiger partial charge in [0.15, 0.2) is 0 Å². The molecule has 2 fully saturated rings. The summed E-state index contributed by atoms with van der Waals surface area (Å²) in [5.41, 5.74) is 2.82. The molecule has 2 aromatic carbocycles. The van der Waals surface area contributed by atoms with E-state index in [1.54, 1.807) is 6.07 Å². The van der Waals surface area contributed by atoms with Crippen LogP contribution in [-0.2, 0) is 4.79 Å². The molecule has 1 unspecified atom stereocenters. The monoisotopic (exact) mass is 449 g/mol. The standard InChI is InChI=1S/C25H31N5O3/c1-28-11-13-29(14-12-28)15-16-33-23-7-3-2-5-19(23)26-24(31)18-8-9-21-20(17-18)27-25(32)22-6-4-10-30(21)22/h2-3,5,7-9,17,22H,4,6,10-16H2,1H3,(H,26,31)(H,27,32). The van der Waals surface area contributed by atoms with Crippen LogP contribution in [0.2, 0.25) is 0 Å². The summed E-state index contributed by atoms with van der Waals surface area (Å²) in [5, 5.41) is 5.95. The quantitative estimate of drug-likeness (QED) is 0.706. The van der Waals surface area contributed by atoms with Gasteiger partial charge in [-0.05, 0) is 50.2 Å². The van der Waals surface area contributed by atoms with E-state index in [0.717, 1.165) is 57.8 Å². The van der Waals surface area contributed by atoms with E-state index in [9.17, 15) is 9.59 Å². The maximum absolute atomic E-state index is 13.0. The van der Waals surface area contributed by atoms with E-state index in [2.05, 4.69) is 32.4 Å². The normalized spacial score (nSPS) is 20.7. The molecule has 2 amide bonds. The lowest BCUT2D eigenvalue weighted by Gasteiger charge is -2.33. The van der Waals surface area contributed by atoms with Crippen LogP contribution >= 0.6 is 0 Å². The van der Waals surface area contributed by atoms with E-state index in [4.69, 9.17) is 4.74 Å². The Balaban J connectivity index is 1.23. The van der Waals surface area contributed by atoms with E-state index < -0.39 is 0 Å². The van der Waals surface area contributed by atoms with Gasteiger partial charge in [-0.2, -0.15) is 0 Å². The zero-order valence-corrected chi connectivity index (χ0v) is 19.0. The van der Waals surface area contributed by atoms with Crippen LogP contribution in [0.15, 0.2) is 42.5 Å². The maximum atomic E-state index is 13.0. The van der Waals surface area contributed by atoms with Gasteiger partial charge in [-0.3, -0.25) is 14.5 Å². The first kappa shape index (κ1) is 21.7. The van der Waals surface area contributed by atoms with Crippen molar-refractivity contribution in [2.75, 3.05) is 68.5 Å². The molecule has 5 rings (SSSR count). The molecule has 3 heterocycles. The van der Waals surface area contributed by atoms with Crippen molar-refractivity contribution in [2.45, 2.75) is 18.9 Å². The molecule has 0 bridgehead atoms. The summed E-state index contributed by atoms with van der Waals surface area (Å²) < 4.78 is 6.02. The lowest BCUT2D eigenvalue weighted by molar-refractivity contribution is -0.117. The van der Waals surface area contributed by atoms with Crippen LogP contribution in [0.4, 0.5) is 17.1 Å². The highest BCUT2D eigenvalue weighted by molar-refractivity contribution is 6.09. The predicted octanol–water partition coefficient (Wildman–Crippen LogP) is 2.49. The molecule has 0 saturated carbocycles. The molecule has 2 aromatic rings. The van der Waals surface area contributed by atoms with E-state index in [-0.39, 0.29) is 17.9 Å². The van der Waals surface area contributed by atoms with Crippen molar-refractivity contribution >= 4 is 28.9 Å². The summed E-state index contributed by atoms with van der Waals surface area (Å²) in [6, 6.07) is 12.9. The number of benzene rings is 2. The van der Waals surface area contributed by atoms with Crippen molar-refractivity contribution in [1.29, 1.82) is 0 Å². The fourth-order valence-corrected chi connectivity index (χ4v) is 4.82. The van der Waals surface area contributed by atoms with E-state index >= 15 is 0 Å². The highest BCUT2D eigenvalue weighted by Gasteiger charge is 2.36. The van der Waals surface area contributed by atoms with Crippen LogP contribution in [0.5, 0.6) is 5.75 Å². The fourth-order valence-electron chi connectivity index (χ4n) is 4.82. The van der Waals surface area contributed by atoms with Crippen molar-refractivity contribution < 1.29 is 14.3 Å². The van der Waals surface area contributed by atoms with Crippen LogP contribution in [0, 0.1) is 0 Å². The number of ether oxygens (including phenoxy) is 1. The van der Waals surface area contributed by atoms with Gasteiger partial charge in [0.2, 0.25) is 5.91 Å². The number of hydrogen-bond donors (Lipinski definition) is 2. The molecule has 1 atom stereocenters. The number of fused-ring (bicyclic) bond motifs is 3. The van der Waals surface area contributed by atoms with Crippen LogP contribution < -0.4 is 20.3 Å². The zero-order valence-electron chi connectivity index (χ0n) is 19.0. The number of hydrogen-bond acceptors (Lipinski definition) is 6. The molecule has 2 saturated heterocycles. The minimum atomic E-state index is -0.231. The largest absolute Gasteiger partial charge is 0.490 e. The first-order valence-corrected chi connectivity index (χ1v) is 11.7. The second-order valence-corrected chi connectivity index (χ2v) is 9.02. The van der Waals surface area contributed by atoms with Crippen LogP contribution in [0.3, 0.4) is 0 Å². The molecule has 0 aliphatic carbocycles. The first-order chi connectivity index (χ1) is 16.1. The maximum Gasteiger partial charge on any atom is 0.255 e. The summed E-state index contributed by atoms with van der Waals surface area (Å²) >= 11 is 0. The third-order valence-electron chi connectivity index (χ3n) is 6.78. The number of carbonyl (C=O) groups is 2. The van der Waals surface area contributed by atoms with Crippen LogP contribution in [-0.4, -0.2) is 80.6 Å². The number of nitrogens with zero attached hydrogens (tertiary/aromatic N) is 3. The molecule has 0 radical (unpaired) electrons. The molecule has 2 N–H and O–H groups in total. The molecule has 174 valence electrons. The summed E-state index contributed by atoms with van der Waals surface area (Å²) in [5.74, 6) is 0.438. The van der Waals surface area contributed by atoms with E-state index in [1.165, 1.54) is 0 Å². The summed E-state index contributed by atoms with van der Waals surface area (Å²) in [6.45, 7) is 6.54. The number of rotatable bonds is 6. The Morgan fingerprint density at radius 2 is 1.94 bits per heavy atom. The number of likely N-dealkylation sites (N-methyl/N-ethyl adjacent to an activating group) is 1. The van der Waals surface area contributed by atoms with Gasteiger partial charge >= 0.3 is 0 Å². The SMILES string of the molecule is CN1CCN(CCOc2ccccc2NC(=O)c2ccc3c(c2)NC(=O)C2CCCN32)CC1. The summed E-state index contributed by atoms with van der Waals surface area (Å²) in [7, 11) is 2.15. The van der Waals surface area contributed by atoms with Crippen molar-refractivity contribution in [2.24, 2.45) is 0 Å². The number of anilines is 3. The van der Waals surface area contributed by atoms with Crippen molar-refractivity contribution in [3.63, 3.8) is 0 Å². The molecule has 3 aliphatic heterocycles. The molecular formula is C25H31N5O3. The molecule has 0 aromatic heterocycles. The van der Waals surface area contributed by atoms with Crippen LogP contribution in [0.1, 0.15) is 23.2 Å². The van der Waals surface area contributed by atoms with Gasteiger partial charge in [-0.1, -0.05) is 12.1 Å². The molecule has 8 nitrogen and oxygen atoms in total. The Morgan fingerprint density at radius 1 is 1.12 bits per heavy atom. The highest BCUT2D eigenvalue weighted by atomic mass is 16.5. The average Bonchev–Trinajstić information content (AvgIpc) is 3.32. The summed E-state index contributed by atoms with van der Waals surface area (Å²) in [4.78, 5) is 32.3. The Labute approximate surface area is 194 Å². The minimum absolute atomic E-state index is 0.0108. The Bertz CT molecular complexity index is 1030. The average molecular weight is 450 g/mol. The lowest BCUT2D eigenvalue weighted by Crippen LogP contribution is -2.45. The van der Waals surface area contributed by atoms with Crippen LogP contribution in [0.25, 0.3) is 0 Å². The van der Waals surface area contributed by atoms with E-state index in [1.807, 2.05) is 36.4 Å². The fraction of sp³-hybridized carbons (Fsp3) is 0.440. The topological polar surface area (TPSA) is 77.1 Å². The van der Waals surface area contributed by atoms with Crippen molar-refractivity contribution in [3.8, 4) is 5.75 Å². The summed E-state index contributed by atoms with van der Waals surface area (Å²) in [6.07, 6.45) is 1.88. The second kappa shape index (κ2) is 9.41.